The van der Waals surface area contributed by atoms with E-state index in [1.54, 1.807) is 0 Å². The van der Waals surface area contributed by atoms with Crippen LogP contribution in [0.25, 0.3) is 0 Å². The van der Waals surface area contributed by atoms with Crippen molar-refractivity contribution in [3.05, 3.63) is 0 Å². The number of hydrogen-bond acceptors (Lipinski definition) is 3. The Hall–Kier alpha value is -0.810. The Morgan fingerprint density at radius 1 is 1.25 bits per heavy atom. The summed E-state index contributed by atoms with van der Waals surface area (Å²) < 4.78 is 0. The van der Waals surface area contributed by atoms with Crippen LogP contribution in [0.2, 0.25) is 0 Å². The van der Waals surface area contributed by atoms with Gasteiger partial charge in [-0.25, -0.2) is 0 Å². The van der Waals surface area contributed by atoms with Crippen molar-refractivity contribution in [1.29, 1.82) is 0 Å². The molecule has 0 aromatic rings. The summed E-state index contributed by atoms with van der Waals surface area (Å²) in [5, 5.41) is 6.22. The van der Waals surface area contributed by atoms with Gasteiger partial charge in [-0.15, -0.1) is 12.4 Å². The highest BCUT2D eigenvalue weighted by Crippen LogP contribution is 2.28. The summed E-state index contributed by atoms with van der Waals surface area (Å²) in [5.41, 5.74) is 4.73. The zero-order chi connectivity index (χ0) is 13.7. The van der Waals surface area contributed by atoms with Gasteiger partial charge in [0.2, 0.25) is 11.8 Å². The van der Waals surface area contributed by atoms with Crippen LogP contribution in [-0.4, -0.2) is 30.4 Å². The molecule has 0 radical (unpaired) electrons. The summed E-state index contributed by atoms with van der Waals surface area (Å²) >= 11 is 0. The molecule has 5 nitrogen and oxygen atoms in total. The number of primary amides is 1. The lowest BCUT2D eigenvalue weighted by atomic mass is 9.81. The second-order valence-corrected chi connectivity index (χ2v) is 5.95. The molecule has 1 heterocycles. The first kappa shape index (κ1) is 17.2. The minimum atomic E-state index is -0.775. The van der Waals surface area contributed by atoms with Crippen LogP contribution in [0.1, 0.15) is 51.4 Å². The first-order valence-electron chi connectivity index (χ1n) is 7.44. The maximum absolute atomic E-state index is 12.0. The summed E-state index contributed by atoms with van der Waals surface area (Å²) in [5.74, 6) is 0.206. The van der Waals surface area contributed by atoms with Crippen molar-refractivity contribution in [1.82, 2.24) is 10.6 Å². The Balaban J connectivity index is 0.00000200. The second kappa shape index (κ2) is 7.84. The molecule has 1 aliphatic heterocycles. The van der Waals surface area contributed by atoms with E-state index in [-0.39, 0.29) is 24.2 Å². The Bertz CT molecular complexity index is 337. The summed E-state index contributed by atoms with van der Waals surface area (Å²) in [6.07, 6.45) is 6.99. The molecule has 116 valence electrons. The monoisotopic (exact) mass is 303 g/mol. The molecular weight excluding hydrogens is 278 g/mol. The molecule has 1 unspecified atom stereocenters. The molecule has 1 saturated carbocycles. The van der Waals surface area contributed by atoms with Crippen LogP contribution in [0.3, 0.4) is 0 Å². The first-order valence-corrected chi connectivity index (χ1v) is 7.44. The number of hydrogen-bond donors (Lipinski definition) is 3. The Morgan fingerprint density at radius 2 is 1.95 bits per heavy atom. The number of carbonyl (C=O) groups is 2. The van der Waals surface area contributed by atoms with E-state index < -0.39 is 5.54 Å². The quantitative estimate of drug-likeness (QED) is 0.711. The molecule has 2 aliphatic rings. The predicted octanol–water partition coefficient (Wildman–Crippen LogP) is 1.10. The van der Waals surface area contributed by atoms with Crippen LogP contribution in [0.15, 0.2) is 0 Å². The van der Waals surface area contributed by atoms with Crippen molar-refractivity contribution in [3.8, 4) is 0 Å². The standard InChI is InChI=1S/C14H25N3O2.ClH/c15-13(19)14(7-2-1-3-8-14)17-12(18)5-4-11-6-9-16-10-11;/h11,16H,1-10H2,(H2,15,19)(H,17,18);1H. The average molecular weight is 304 g/mol. The highest BCUT2D eigenvalue weighted by molar-refractivity contribution is 5.90. The van der Waals surface area contributed by atoms with Crippen LogP contribution in [0, 0.1) is 5.92 Å². The second-order valence-electron chi connectivity index (χ2n) is 5.95. The van der Waals surface area contributed by atoms with Crippen LogP contribution in [0.4, 0.5) is 0 Å². The van der Waals surface area contributed by atoms with Crippen molar-refractivity contribution in [2.45, 2.75) is 56.9 Å². The van der Waals surface area contributed by atoms with Crippen LogP contribution in [-0.2, 0) is 9.59 Å². The largest absolute Gasteiger partial charge is 0.368 e. The van der Waals surface area contributed by atoms with Gasteiger partial charge in [0, 0.05) is 6.42 Å². The third-order valence-corrected chi connectivity index (χ3v) is 4.50. The van der Waals surface area contributed by atoms with E-state index in [0.717, 1.165) is 45.2 Å². The van der Waals surface area contributed by atoms with Gasteiger partial charge in [-0.2, -0.15) is 0 Å². The van der Waals surface area contributed by atoms with E-state index in [9.17, 15) is 9.59 Å². The minimum absolute atomic E-state index is 0. The SMILES string of the molecule is Cl.NC(=O)C1(NC(=O)CCC2CCNC2)CCCCC1. The van der Waals surface area contributed by atoms with E-state index in [1.165, 1.54) is 0 Å². The fourth-order valence-corrected chi connectivity index (χ4v) is 3.21. The minimum Gasteiger partial charge on any atom is -0.368 e. The number of carbonyl (C=O) groups excluding carboxylic acids is 2. The van der Waals surface area contributed by atoms with Gasteiger partial charge in [-0.3, -0.25) is 9.59 Å². The van der Waals surface area contributed by atoms with Gasteiger partial charge in [0.05, 0.1) is 0 Å². The fourth-order valence-electron chi connectivity index (χ4n) is 3.21. The molecule has 0 aromatic carbocycles. The number of rotatable bonds is 5. The molecule has 1 atom stereocenters. The van der Waals surface area contributed by atoms with E-state index in [1.807, 2.05) is 0 Å². The summed E-state index contributed by atoms with van der Waals surface area (Å²) in [7, 11) is 0. The lowest BCUT2D eigenvalue weighted by Gasteiger charge is -2.35. The van der Waals surface area contributed by atoms with E-state index in [2.05, 4.69) is 10.6 Å². The normalized spacial score (nSPS) is 24.7. The number of nitrogens with two attached hydrogens (primary N) is 1. The third kappa shape index (κ3) is 4.35. The molecule has 1 saturated heterocycles. The average Bonchev–Trinajstić information content (AvgIpc) is 2.90. The van der Waals surface area contributed by atoms with Gasteiger partial charge in [0.25, 0.3) is 0 Å². The van der Waals surface area contributed by atoms with Gasteiger partial charge in [0.1, 0.15) is 5.54 Å². The van der Waals surface area contributed by atoms with E-state index in [4.69, 9.17) is 5.73 Å². The molecule has 0 spiro atoms. The molecule has 0 bridgehead atoms. The smallest absolute Gasteiger partial charge is 0.243 e. The predicted molar refractivity (Wildman–Crippen MR) is 80.6 cm³/mol. The molecule has 2 amide bonds. The third-order valence-electron chi connectivity index (χ3n) is 4.50. The van der Waals surface area contributed by atoms with Gasteiger partial charge >= 0.3 is 0 Å². The fraction of sp³-hybridized carbons (Fsp3) is 0.857. The Kier molecular flexibility index (Phi) is 6.76. The molecular formula is C14H26ClN3O2. The zero-order valence-corrected chi connectivity index (χ0v) is 12.8. The van der Waals surface area contributed by atoms with E-state index in [0.29, 0.717) is 25.2 Å². The molecule has 6 heteroatoms. The maximum Gasteiger partial charge on any atom is 0.243 e. The summed E-state index contributed by atoms with van der Waals surface area (Å²) in [6.45, 7) is 2.06. The van der Waals surface area contributed by atoms with E-state index >= 15 is 0 Å². The van der Waals surface area contributed by atoms with Crippen LogP contribution >= 0.6 is 12.4 Å². The van der Waals surface area contributed by atoms with Crippen molar-refractivity contribution in [2.24, 2.45) is 11.7 Å². The van der Waals surface area contributed by atoms with Crippen LogP contribution in [0.5, 0.6) is 0 Å². The number of halogens is 1. The summed E-state index contributed by atoms with van der Waals surface area (Å²) in [6, 6.07) is 0. The molecule has 1 aliphatic carbocycles. The number of amides is 2. The van der Waals surface area contributed by atoms with Crippen molar-refractivity contribution < 1.29 is 9.59 Å². The molecule has 4 N–H and O–H groups in total. The topological polar surface area (TPSA) is 84.2 Å². The number of nitrogens with one attached hydrogen (secondary N) is 2. The van der Waals surface area contributed by atoms with Crippen LogP contribution < -0.4 is 16.4 Å². The van der Waals surface area contributed by atoms with Gasteiger partial charge in [-0.1, -0.05) is 19.3 Å². The van der Waals surface area contributed by atoms with Crippen molar-refractivity contribution in [3.63, 3.8) is 0 Å². The highest BCUT2D eigenvalue weighted by atomic mass is 35.5. The van der Waals surface area contributed by atoms with Gasteiger partial charge in [0.15, 0.2) is 0 Å². The maximum atomic E-state index is 12.0. The molecule has 0 aromatic heterocycles. The highest BCUT2D eigenvalue weighted by Gasteiger charge is 2.39. The first-order chi connectivity index (χ1) is 9.12. The van der Waals surface area contributed by atoms with Gasteiger partial charge in [-0.05, 0) is 44.7 Å². The lowest BCUT2D eigenvalue weighted by Crippen LogP contribution is -2.58. The lowest BCUT2D eigenvalue weighted by molar-refractivity contribution is -0.133. The molecule has 2 fully saturated rings. The zero-order valence-electron chi connectivity index (χ0n) is 12.0. The Labute approximate surface area is 126 Å². The van der Waals surface area contributed by atoms with Crippen molar-refractivity contribution >= 4 is 24.2 Å². The Morgan fingerprint density at radius 3 is 2.50 bits per heavy atom. The summed E-state index contributed by atoms with van der Waals surface area (Å²) in [4.78, 5) is 23.7. The molecule has 20 heavy (non-hydrogen) atoms. The molecule has 2 rings (SSSR count). The van der Waals surface area contributed by atoms with Gasteiger partial charge < -0.3 is 16.4 Å². The van der Waals surface area contributed by atoms with Crippen molar-refractivity contribution in [2.75, 3.05) is 13.1 Å².